The second-order valence-electron chi connectivity index (χ2n) is 4.94. The Hall–Kier alpha value is -2.04. The third kappa shape index (κ3) is 3.84. The Morgan fingerprint density at radius 2 is 1.78 bits per heavy atom. The average Bonchev–Trinajstić information content (AvgIpc) is 3.03. The van der Waals surface area contributed by atoms with Gasteiger partial charge in [0, 0.05) is 10.0 Å². The Morgan fingerprint density at radius 3 is 2.52 bits per heavy atom. The molecule has 3 rings (SSSR count). The molecule has 23 heavy (non-hydrogen) atoms. The number of rotatable bonds is 4. The summed E-state index contributed by atoms with van der Waals surface area (Å²) in [7, 11) is 0. The van der Waals surface area contributed by atoms with Gasteiger partial charge in [0.1, 0.15) is 11.5 Å². The Balaban J connectivity index is 1.67. The highest BCUT2D eigenvalue weighted by atomic mass is 79.9. The summed E-state index contributed by atoms with van der Waals surface area (Å²) >= 11 is 9.41. The molecule has 0 aliphatic rings. The monoisotopic (exact) mass is 389 g/mol. The maximum absolute atomic E-state index is 12.1. The van der Waals surface area contributed by atoms with Crippen LogP contribution in [0.25, 0.3) is 11.3 Å². The van der Waals surface area contributed by atoms with Gasteiger partial charge in [0.05, 0.1) is 17.1 Å². The van der Waals surface area contributed by atoms with Crippen molar-refractivity contribution in [2.45, 2.75) is 6.54 Å². The smallest absolute Gasteiger partial charge is 0.253 e. The van der Waals surface area contributed by atoms with Crippen LogP contribution in [0.2, 0.25) is 5.02 Å². The van der Waals surface area contributed by atoms with Crippen molar-refractivity contribution in [3.63, 3.8) is 0 Å². The van der Waals surface area contributed by atoms with Crippen LogP contribution in [-0.4, -0.2) is 5.91 Å². The highest BCUT2D eigenvalue weighted by Crippen LogP contribution is 2.24. The van der Waals surface area contributed by atoms with E-state index in [2.05, 4.69) is 21.2 Å². The van der Waals surface area contributed by atoms with Crippen LogP contribution >= 0.6 is 27.5 Å². The molecule has 0 bridgehead atoms. The van der Waals surface area contributed by atoms with Crippen LogP contribution in [-0.2, 0) is 6.54 Å². The number of benzene rings is 2. The van der Waals surface area contributed by atoms with Gasteiger partial charge in [-0.2, -0.15) is 0 Å². The minimum absolute atomic E-state index is 0.225. The van der Waals surface area contributed by atoms with Crippen molar-refractivity contribution in [1.29, 1.82) is 0 Å². The molecule has 1 amide bonds. The van der Waals surface area contributed by atoms with E-state index < -0.39 is 0 Å². The normalized spacial score (nSPS) is 10.5. The van der Waals surface area contributed by atoms with Crippen LogP contribution in [0.3, 0.4) is 0 Å². The van der Waals surface area contributed by atoms with Gasteiger partial charge >= 0.3 is 0 Å². The number of hydrogen-bond acceptors (Lipinski definition) is 2. The Morgan fingerprint density at radius 1 is 1.04 bits per heavy atom. The molecule has 0 saturated heterocycles. The summed E-state index contributed by atoms with van der Waals surface area (Å²) in [5.74, 6) is 1.22. The predicted molar refractivity (Wildman–Crippen MR) is 94.5 cm³/mol. The third-order valence-corrected chi connectivity index (χ3v) is 4.19. The van der Waals surface area contributed by atoms with Gasteiger partial charge in [0.25, 0.3) is 5.91 Å². The van der Waals surface area contributed by atoms with E-state index in [4.69, 9.17) is 16.0 Å². The number of hydrogen-bond donors (Lipinski definition) is 1. The first kappa shape index (κ1) is 15.8. The van der Waals surface area contributed by atoms with E-state index in [-0.39, 0.29) is 5.91 Å². The Kier molecular flexibility index (Phi) is 4.84. The summed E-state index contributed by atoms with van der Waals surface area (Å²) in [5.41, 5.74) is 1.44. The molecule has 1 heterocycles. The fraction of sp³-hybridized carbons (Fsp3) is 0.0556. The highest BCUT2D eigenvalue weighted by Gasteiger charge is 2.10. The van der Waals surface area contributed by atoms with E-state index in [1.54, 1.807) is 24.3 Å². The Bertz CT molecular complexity index is 827. The van der Waals surface area contributed by atoms with Crippen molar-refractivity contribution in [2.24, 2.45) is 0 Å². The van der Waals surface area contributed by atoms with Crippen LogP contribution in [0.4, 0.5) is 0 Å². The van der Waals surface area contributed by atoms with E-state index in [1.807, 2.05) is 36.4 Å². The molecule has 0 unspecified atom stereocenters. The topological polar surface area (TPSA) is 42.2 Å². The predicted octanol–water partition coefficient (Wildman–Crippen LogP) is 5.29. The molecule has 0 radical (unpaired) electrons. The van der Waals surface area contributed by atoms with E-state index in [0.717, 1.165) is 15.8 Å². The third-order valence-electron chi connectivity index (χ3n) is 3.33. The summed E-state index contributed by atoms with van der Waals surface area (Å²) in [5, 5.41) is 3.24. The summed E-state index contributed by atoms with van der Waals surface area (Å²) in [6.07, 6.45) is 0. The second-order valence-corrected chi connectivity index (χ2v) is 6.26. The molecule has 3 aromatic rings. The first-order valence-electron chi connectivity index (χ1n) is 7.01. The molecular weight excluding hydrogens is 378 g/mol. The maximum Gasteiger partial charge on any atom is 0.253 e. The summed E-state index contributed by atoms with van der Waals surface area (Å²) in [4.78, 5) is 12.1. The van der Waals surface area contributed by atoms with Crippen LogP contribution in [0, 0.1) is 0 Å². The number of carbonyl (C=O) groups excluding carboxylic acids is 1. The molecule has 0 fully saturated rings. The molecule has 0 aliphatic carbocycles. The zero-order chi connectivity index (χ0) is 16.2. The fourth-order valence-electron chi connectivity index (χ4n) is 2.15. The van der Waals surface area contributed by atoms with Crippen LogP contribution in [0.5, 0.6) is 0 Å². The lowest BCUT2D eigenvalue weighted by molar-refractivity contribution is 0.0948. The molecule has 0 aliphatic heterocycles. The lowest BCUT2D eigenvalue weighted by atomic mass is 10.2. The lowest BCUT2D eigenvalue weighted by Gasteiger charge is -2.05. The quantitative estimate of drug-likeness (QED) is 0.657. The van der Waals surface area contributed by atoms with E-state index in [1.165, 1.54) is 0 Å². The molecule has 5 heteroatoms. The van der Waals surface area contributed by atoms with Gasteiger partial charge < -0.3 is 9.73 Å². The van der Waals surface area contributed by atoms with Crippen molar-refractivity contribution in [2.75, 3.05) is 0 Å². The van der Waals surface area contributed by atoms with Gasteiger partial charge in [-0.05, 0) is 36.4 Å². The lowest BCUT2D eigenvalue weighted by Crippen LogP contribution is -2.22. The van der Waals surface area contributed by atoms with Crippen molar-refractivity contribution < 1.29 is 9.21 Å². The van der Waals surface area contributed by atoms with Crippen LogP contribution in [0.15, 0.2) is 69.6 Å². The molecular formula is C18H13BrClNO2. The molecule has 116 valence electrons. The van der Waals surface area contributed by atoms with Gasteiger partial charge in [-0.3, -0.25) is 4.79 Å². The number of carbonyl (C=O) groups is 1. The summed E-state index contributed by atoms with van der Waals surface area (Å²) in [6, 6.07) is 18.5. The van der Waals surface area contributed by atoms with Crippen molar-refractivity contribution in [3.8, 4) is 11.3 Å². The highest BCUT2D eigenvalue weighted by molar-refractivity contribution is 9.10. The SMILES string of the molecule is O=C(NCc1ccc(-c2ccc(Br)cc2)o1)c1ccccc1Cl. The van der Waals surface area contributed by atoms with Crippen LogP contribution < -0.4 is 5.32 Å². The van der Waals surface area contributed by atoms with Gasteiger partial charge in [-0.15, -0.1) is 0 Å². The minimum Gasteiger partial charge on any atom is -0.459 e. The molecule has 1 N–H and O–H groups in total. The zero-order valence-electron chi connectivity index (χ0n) is 12.1. The van der Waals surface area contributed by atoms with E-state index in [0.29, 0.717) is 22.9 Å². The van der Waals surface area contributed by atoms with Gasteiger partial charge in [-0.1, -0.05) is 51.8 Å². The number of amides is 1. The van der Waals surface area contributed by atoms with Crippen molar-refractivity contribution in [3.05, 3.63) is 81.5 Å². The summed E-state index contributed by atoms with van der Waals surface area (Å²) in [6.45, 7) is 0.306. The molecule has 0 saturated carbocycles. The zero-order valence-corrected chi connectivity index (χ0v) is 14.4. The maximum atomic E-state index is 12.1. The van der Waals surface area contributed by atoms with Gasteiger partial charge in [-0.25, -0.2) is 0 Å². The standard InChI is InChI=1S/C18H13BrClNO2/c19-13-7-5-12(6-8-13)17-10-9-14(23-17)11-21-18(22)15-3-1-2-4-16(15)20/h1-10H,11H2,(H,21,22). The van der Waals surface area contributed by atoms with Gasteiger partial charge in [0.15, 0.2) is 0 Å². The van der Waals surface area contributed by atoms with Crippen molar-refractivity contribution in [1.82, 2.24) is 5.32 Å². The van der Waals surface area contributed by atoms with Crippen LogP contribution in [0.1, 0.15) is 16.1 Å². The fourth-order valence-corrected chi connectivity index (χ4v) is 2.64. The second kappa shape index (κ2) is 7.02. The molecule has 0 atom stereocenters. The largest absolute Gasteiger partial charge is 0.459 e. The number of halogens is 2. The first-order chi connectivity index (χ1) is 11.1. The Labute approximate surface area is 147 Å². The van der Waals surface area contributed by atoms with Gasteiger partial charge in [0.2, 0.25) is 0 Å². The minimum atomic E-state index is -0.225. The first-order valence-corrected chi connectivity index (χ1v) is 8.18. The molecule has 0 spiro atoms. The number of furan rings is 1. The molecule has 3 nitrogen and oxygen atoms in total. The average molecular weight is 391 g/mol. The molecule has 2 aromatic carbocycles. The van der Waals surface area contributed by atoms with Crippen molar-refractivity contribution >= 4 is 33.4 Å². The number of nitrogens with one attached hydrogen (secondary N) is 1. The summed E-state index contributed by atoms with van der Waals surface area (Å²) < 4.78 is 6.78. The van der Waals surface area contributed by atoms with E-state index in [9.17, 15) is 4.79 Å². The van der Waals surface area contributed by atoms with E-state index >= 15 is 0 Å². The molecule has 1 aromatic heterocycles.